The molecule has 0 aliphatic heterocycles. The largest absolute Gasteiger partial charge is 0.357 e. The first-order valence-electron chi connectivity index (χ1n) is 7.43. The Morgan fingerprint density at radius 2 is 1.86 bits per heavy atom. The molecule has 1 atom stereocenters. The van der Waals surface area contributed by atoms with Crippen LogP contribution in [0.2, 0.25) is 0 Å². The zero-order chi connectivity index (χ0) is 15.9. The third-order valence-corrected chi connectivity index (χ3v) is 5.40. The Labute approximate surface area is 134 Å². The summed E-state index contributed by atoms with van der Waals surface area (Å²) in [7, 11) is 0. The molecule has 0 saturated heterocycles. The van der Waals surface area contributed by atoms with Crippen molar-refractivity contribution in [3.05, 3.63) is 57.6 Å². The molecule has 3 rings (SSSR count). The molecule has 0 spiro atoms. The number of hydrogen-bond acceptors (Lipinski definition) is 2. The van der Waals surface area contributed by atoms with Gasteiger partial charge in [-0.1, -0.05) is 30.3 Å². The zero-order valence-electron chi connectivity index (χ0n) is 13.3. The summed E-state index contributed by atoms with van der Waals surface area (Å²) in [4.78, 5) is 17.1. The van der Waals surface area contributed by atoms with Gasteiger partial charge in [-0.25, -0.2) is 0 Å². The number of aryl methyl sites for hydroxylation is 3. The molecule has 1 unspecified atom stereocenters. The minimum atomic E-state index is -0.0137. The van der Waals surface area contributed by atoms with Crippen LogP contribution in [0.1, 0.15) is 45.0 Å². The molecule has 0 radical (unpaired) electrons. The maximum atomic E-state index is 12.7. The van der Waals surface area contributed by atoms with E-state index < -0.39 is 0 Å². The third-order valence-electron chi connectivity index (χ3n) is 4.17. The number of thiophene rings is 1. The van der Waals surface area contributed by atoms with Crippen LogP contribution in [-0.4, -0.2) is 10.9 Å². The highest BCUT2D eigenvalue weighted by Crippen LogP contribution is 2.34. The second kappa shape index (κ2) is 5.61. The van der Waals surface area contributed by atoms with Crippen molar-refractivity contribution in [2.24, 2.45) is 0 Å². The first kappa shape index (κ1) is 14.9. The fourth-order valence-electron chi connectivity index (χ4n) is 2.75. The molecule has 4 heteroatoms. The van der Waals surface area contributed by atoms with Gasteiger partial charge in [0.1, 0.15) is 0 Å². The van der Waals surface area contributed by atoms with Crippen LogP contribution >= 0.6 is 11.3 Å². The molecule has 0 saturated carbocycles. The van der Waals surface area contributed by atoms with Crippen molar-refractivity contribution in [2.45, 2.75) is 33.7 Å². The molecule has 1 amide bonds. The summed E-state index contributed by atoms with van der Waals surface area (Å²) in [5, 5.41) is 3.11. The second-order valence-corrected chi connectivity index (χ2v) is 6.94. The predicted molar refractivity (Wildman–Crippen MR) is 92.7 cm³/mol. The lowest BCUT2D eigenvalue weighted by Gasteiger charge is -2.14. The first-order chi connectivity index (χ1) is 10.5. The summed E-state index contributed by atoms with van der Waals surface area (Å²) in [6.45, 7) is 8.16. The van der Waals surface area contributed by atoms with Crippen molar-refractivity contribution in [2.75, 3.05) is 0 Å². The number of hydrogen-bond donors (Lipinski definition) is 2. The molecule has 1 aromatic carbocycles. The van der Waals surface area contributed by atoms with Gasteiger partial charge < -0.3 is 10.3 Å². The fraction of sp³-hybridized carbons (Fsp3) is 0.278. The van der Waals surface area contributed by atoms with Gasteiger partial charge in [0.15, 0.2) is 0 Å². The van der Waals surface area contributed by atoms with Gasteiger partial charge in [0.05, 0.1) is 21.8 Å². The molecule has 0 bridgehead atoms. The molecule has 0 aliphatic rings. The number of aromatic nitrogens is 1. The van der Waals surface area contributed by atoms with Gasteiger partial charge in [-0.15, -0.1) is 11.3 Å². The lowest BCUT2D eigenvalue weighted by Crippen LogP contribution is -2.27. The molecule has 3 nitrogen and oxygen atoms in total. The molecular weight excluding hydrogens is 292 g/mol. The fourth-order valence-corrected chi connectivity index (χ4v) is 3.91. The summed E-state index contributed by atoms with van der Waals surface area (Å²) in [5.41, 5.74) is 5.22. The number of aromatic amines is 1. The molecular formula is C18H20N2OS. The third kappa shape index (κ3) is 2.44. The highest BCUT2D eigenvalue weighted by Gasteiger charge is 2.21. The van der Waals surface area contributed by atoms with Gasteiger partial charge >= 0.3 is 0 Å². The normalized spacial score (nSPS) is 12.5. The van der Waals surface area contributed by atoms with E-state index in [9.17, 15) is 4.79 Å². The molecule has 0 fully saturated rings. The van der Waals surface area contributed by atoms with Crippen molar-refractivity contribution in [1.29, 1.82) is 0 Å². The Kier molecular flexibility index (Phi) is 3.79. The minimum absolute atomic E-state index is 0.0126. The zero-order valence-corrected chi connectivity index (χ0v) is 14.1. The van der Waals surface area contributed by atoms with E-state index in [0.29, 0.717) is 0 Å². The van der Waals surface area contributed by atoms with E-state index in [1.54, 1.807) is 11.3 Å². The van der Waals surface area contributed by atoms with Gasteiger partial charge in [-0.05, 0) is 38.8 Å². The minimum Gasteiger partial charge on any atom is -0.357 e. The van der Waals surface area contributed by atoms with E-state index in [2.05, 4.69) is 17.2 Å². The van der Waals surface area contributed by atoms with Crippen molar-refractivity contribution in [3.63, 3.8) is 0 Å². The highest BCUT2D eigenvalue weighted by molar-refractivity contribution is 7.19. The Bertz CT molecular complexity index is 830. The maximum Gasteiger partial charge on any atom is 0.255 e. The van der Waals surface area contributed by atoms with E-state index in [-0.39, 0.29) is 11.9 Å². The van der Waals surface area contributed by atoms with Crippen LogP contribution < -0.4 is 5.32 Å². The number of carbonyl (C=O) groups excluding carboxylic acids is 1. The molecule has 0 aliphatic carbocycles. The number of nitrogens with one attached hydrogen (secondary N) is 2. The average molecular weight is 312 g/mol. The smallest absolute Gasteiger partial charge is 0.255 e. The summed E-state index contributed by atoms with van der Waals surface area (Å²) >= 11 is 1.69. The van der Waals surface area contributed by atoms with Gasteiger partial charge in [0.25, 0.3) is 5.91 Å². The van der Waals surface area contributed by atoms with Gasteiger partial charge in [-0.2, -0.15) is 0 Å². The SMILES string of the molecule is Cc1[nH]c2c(C(=O)NC(C)c3ccccc3)c(C)sc2c1C. The molecule has 2 N–H and O–H groups in total. The van der Waals surface area contributed by atoms with Crippen LogP contribution in [0.25, 0.3) is 10.2 Å². The van der Waals surface area contributed by atoms with Crippen LogP contribution in [-0.2, 0) is 0 Å². The quantitative estimate of drug-likeness (QED) is 0.726. The van der Waals surface area contributed by atoms with E-state index in [1.165, 1.54) is 10.3 Å². The standard InChI is InChI=1S/C18H20N2OS/c1-10-11(2)19-16-15(13(4)22-17(10)16)18(21)20-12(3)14-8-6-5-7-9-14/h5-9,12,19H,1-4H3,(H,20,21). The number of carbonyl (C=O) groups is 1. The number of benzene rings is 1. The van der Waals surface area contributed by atoms with Crippen molar-refractivity contribution >= 4 is 27.5 Å². The van der Waals surface area contributed by atoms with Crippen LogP contribution in [0.5, 0.6) is 0 Å². The summed E-state index contributed by atoms with van der Waals surface area (Å²) in [6, 6.07) is 10.0. The number of rotatable bonds is 3. The molecule has 22 heavy (non-hydrogen) atoms. The van der Waals surface area contributed by atoms with Gasteiger partial charge in [0, 0.05) is 10.6 Å². The molecule has 2 heterocycles. The maximum absolute atomic E-state index is 12.7. The molecule has 2 aromatic heterocycles. The lowest BCUT2D eigenvalue weighted by atomic mass is 10.1. The summed E-state index contributed by atoms with van der Waals surface area (Å²) in [5.74, 6) is -0.0126. The monoisotopic (exact) mass is 312 g/mol. The first-order valence-corrected chi connectivity index (χ1v) is 8.24. The second-order valence-electron chi connectivity index (χ2n) is 5.72. The van der Waals surface area contributed by atoms with E-state index in [1.807, 2.05) is 51.1 Å². The van der Waals surface area contributed by atoms with Crippen molar-refractivity contribution < 1.29 is 4.79 Å². The molecule has 3 aromatic rings. The van der Waals surface area contributed by atoms with Crippen molar-refractivity contribution in [3.8, 4) is 0 Å². The van der Waals surface area contributed by atoms with Crippen molar-refractivity contribution in [1.82, 2.24) is 10.3 Å². The summed E-state index contributed by atoms with van der Waals surface area (Å²) in [6.07, 6.45) is 0. The Hall–Kier alpha value is -2.07. The number of amides is 1. The van der Waals surface area contributed by atoms with E-state index in [4.69, 9.17) is 0 Å². The van der Waals surface area contributed by atoms with Crippen LogP contribution in [0.3, 0.4) is 0 Å². The Morgan fingerprint density at radius 3 is 2.55 bits per heavy atom. The highest BCUT2D eigenvalue weighted by atomic mass is 32.1. The van der Waals surface area contributed by atoms with Crippen LogP contribution in [0.15, 0.2) is 30.3 Å². The number of fused-ring (bicyclic) bond motifs is 1. The molecule has 114 valence electrons. The van der Waals surface area contributed by atoms with E-state index >= 15 is 0 Å². The topological polar surface area (TPSA) is 44.9 Å². The van der Waals surface area contributed by atoms with Gasteiger partial charge in [0.2, 0.25) is 0 Å². The van der Waals surface area contributed by atoms with Crippen LogP contribution in [0, 0.1) is 20.8 Å². The average Bonchev–Trinajstić information content (AvgIpc) is 2.96. The predicted octanol–water partition coefficient (Wildman–Crippen LogP) is 4.65. The van der Waals surface area contributed by atoms with Crippen LogP contribution in [0.4, 0.5) is 0 Å². The van der Waals surface area contributed by atoms with Gasteiger partial charge in [-0.3, -0.25) is 4.79 Å². The Balaban J connectivity index is 1.92. The number of H-pyrrole nitrogens is 1. The lowest BCUT2D eigenvalue weighted by molar-refractivity contribution is 0.0941. The summed E-state index contributed by atoms with van der Waals surface area (Å²) < 4.78 is 1.19. The Morgan fingerprint density at radius 1 is 1.18 bits per heavy atom. The van der Waals surface area contributed by atoms with E-state index in [0.717, 1.165) is 27.2 Å².